The average molecular weight is 240 g/mol. The van der Waals surface area contributed by atoms with Gasteiger partial charge in [-0.1, -0.05) is 0 Å². The first-order valence-electron chi connectivity index (χ1n) is 5.88. The quantitative estimate of drug-likeness (QED) is 0.793. The molecule has 1 aliphatic heterocycles. The number of rotatable bonds is 4. The number of hydrogen-bond acceptors (Lipinski definition) is 3. The fraction of sp³-hybridized carbons (Fsp3) is 0.727. The highest BCUT2D eigenvalue weighted by Crippen LogP contribution is 2.31. The zero-order chi connectivity index (χ0) is 11.2. The van der Waals surface area contributed by atoms with Crippen LogP contribution in [0, 0.1) is 5.92 Å². The molecule has 1 saturated carbocycles. The van der Waals surface area contributed by atoms with Crippen molar-refractivity contribution in [1.82, 2.24) is 9.78 Å². The lowest BCUT2D eigenvalue weighted by molar-refractivity contribution is 0.588. The zero-order valence-corrected chi connectivity index (χ0v) is 10.0. The Hall–Kier alpha value is -0.840. The molecule has 4 nitrogen and oxygen atoms in total. The topological polar surface area (TPSA) is 52.0 Å². The normalized spacial score (nSPS) is 20.0. The van der Waals surface area contributed by atoms with Crippen molar-refractivity contribution in [3.8, 4) is 0 Å². The van der Waals surface area contributed by atoms with Gasteiger partial charge < -0.3 is 0 Å². The van der Waals surface area contributed by atoms with Gasteiger partial charge in [0.2, 0.25) is 0 Å². The molecular formula is C11H16N2O2S. The standard InChI is InChI=1S/C11H16N2O2S/c14-16(15,7-9-3-4-9)8-10-6-11-2-1-5-13(11)12-10/h6,9H,1-5,7-8H2. The van der Waals surface area contributed by atoms with Gasteiger partial charge in [-0.2, -0.15) is 5.10 Å². The molecule has 0 atom stereocenters. The maximum absolute atomic E-state index is 11.8. The van der Waals surface area contributed by atoms with Crippen LogP contribution in [0.3, 0.4) is 0 Å². The van der Waals surface area contributed by atoms with Crippen LogP contribution in [0.15, 0.2) is 6.07 Å². The molecule has 0 aromatic carbocycles. The number of hydrogen-bond donors (Lipinski definition) is 0. The van der Waals surface area contributed by atoms with E-state index in [2.05, 4.69) is 5.10 Å². The molecule has 1 aromatic rings. The zero-order valence-electron chi connectivity index (χ0n) is 9.22. The molecule has 0 radical (unpaired) electrons. The third-order valence-electron chi connectivity index (χ3n) is 3.27. The predicted molar refractivity (Wildman–Crippen MR) is 60.8 cm³/mol. The van der Waals surface area contributed by atoms with E-state index >= 15 is 0 Å². The second kappa shape index (κ2) is 3.58. The summed E-state index contributed by atoms with van der Waals surface area (Å²) < 4.78 is 25.6. The minimum atomic E-state index is -2.93. The molecule has 0 spiro atoms. The Morgan fingerprint density at radius 2 is 2.25 bits per heavy atom. The molecule has 5 heteroatoms. The van der Waals surface area contributed by atoms with E-state index in [0.29, 0.717) is 11.7 Å². The van der Waals surface area contributed by atoms with E-state index in [0.717, 1.165) is 37.9 Å². The molecule has 2 heterocycles. The largest absolute Gasteiger partial charge is 0.269 e. The van der Waals surface area contributed by atoms with Crippen LogP contribution in [0.5, 0.6) is 0 Å². The Balaban J connectivity index is 1.72. The highest BCUT2D eigenvalue weighted by Gasteiger charge is 2.29. The molecule has 16 heavy (non-hydrogen) atoms. The van der Waals surface area contributed by atoms with E-state index in [9.17, 15) is 8.42 Å². The molecular weight excluding hydrogens is 224 g/mol. The summed E-state index contributed by atoms with van der Waals surface area (Å²) in [6.07, 6.45) is 4.34. The van der Waals surface area contributed by atoms with E-state index in [1.54, 1.807) is 0 Å². The molecule has 1 aliphatic carbocycles. The first kappa shape index (κ1) is 10.3. The van der Waals surface area contributed by atoms with E-state index in [1.807, 2.05) is 10.7 Å². The Morgan fingerprint density at radius 3 is 2.94 bits per heavy atom. The molecule has 0 unspecified atom stereocenters. The highest BCUT2D eigenvalue weighted by molar-refractivity contribution is 7.90. The molecule has 0 amide bonds. The SMILES string of the molecule is O=S(=O)(Cc1cc2n(n1)CCC2)CC1CC1. The lowest BCUT2D eigenvalue weighted by Gasteiger charge is -2.00. The lowest BCUT2D eigenvalue weighted by atomic mass is 10.3. The predicted octanol–water partition coefficient (Wildman–Crippen LogP) is 1.15. The van der Waals surface area contributed by atoms with Gasteiger partial charge >= 0.3 is 0 Å². The van der Waals surface area contributed by atoms with Gasteiger partial charge in [0.25, 0.3) is 0 Å². The first-order valence-corrected chi connectivity index (χ1v) is 7.70. The summed E-state index contributed by atoms with van der Waals surface area (Å²) in [5, 5.41) is 4.34. The van der Waals surface area contributed by atoms with Crippen LogP contribution < -0.4 is 0 Å². The maximum Gasteiger partial charge on any atom is 0.156 e. The molecule has 0 bridgehead atoms. The summed E-state index contributed by atoms with van der Waals surface area (Å²) in [5.74, 6) is 0.915. The van der Waals surface area contributed by atoms with E-state index in [1.165, 1.54) is 5.69 Å². The molecule has 0 N–H and O–H groups in total. The van der Waals surface area contributed by atoms with E-state index < -0.39 is 9.84 Å². The van der Waals surface area contributed by atoms with Gasteiger partial charge in [-0.05, 0) is 37.7 Å². The van der Waals surface area contributed by atoms with Crippen molar-refractivity contribution in [2.45, 2.75) is 38.0 Å². The molecule has 88 valence electrons. The van der Waals surface area contributed by atoms with Crippen molar-refractivity contribution in [3.63, 3.8) is 0 Å². The summed E-state index contributed by atoms with van der Waals surface area (Å²) in [5.41, 5.74) is 1.92. The van der Waals surface area contributed by atoms with Crippen LogP contribution in [0.25, 0.3) is 0 Å². The Morgan fingerprint density at radius 1 is 1.44 bits per heavy atom. The molecule has 3 rings (SSSR count). The Labute approximate surface area is 95.6 Å². The second-order valence-electron chi connectivity index (χ2n) is 4.95. The summed E-state index contributed by atoms with van der Waals surface area (Å²) in [7, 11) is -2.93. The maximum atomic E-state index is 11.8. The fourth-order valence-electron chi connectivity index (χ4n) is 2.32. The fourth-order valence-corrected chi connectivity index (χ4v) is 4.08. The summed E-state index contributed by atoms with van der Waals surface area (Å²) >= 11 is 0. The van der Waals surface area contributed by atoms with Crippen molar-refractivity contribution in [3.05, 3.63) is 17.5 Å². The van der Waals surface area contributed by atoms with Crippen LogP contribution in [-0.4, -0.2) is 24.0 Å². The van der Waals surface area contributed by atoms with Gasteiger partial charge in [-0.25, -0.2) is 8.42 Å². The number of fused-ring (bicyclic) bond motifs is 1. The number of aryl methyl sites for hydroxylation is 2. The summed E-state index contributed by atoms with van der Waals surface area (Å²) in [6.45, 7) is 0.942. The average Bonchev–Trinajstić information content (AvgIpc) is 2.71. The van der Waals surface area contributed by atoms with E-state index in [4.69, 9.17) is 0 Å². The molecule has 1 fully saturated rings. The molecule has 1 aromatic heterocycles. The van der Waals surface area contributed by atoms with Crippen LogP contribution >= 0.6 is 0 Å². The van der Waals surface area contributed by atoms with Crippen LogP contribution in [0.2, 0.25) is 0 Å². The van der Waals surface area contributed by atoms with Crippen molar-refractivity contribution in [2.75, 3.05) is 5.75 Å². The van der Waals surface area contributed by atoms with Gasteiger partial charge in [0.15, 0.2) is 9.84 Å². The van der Waals surface area contributed by atoms with Gasteiger partial charge in [-0.15, -0.1) is 0 Å². The summed E-state index contributed by atoms with van der Waals surface area (Å²) in [6, 6.07) is 1.96. The number of aromatic nitrogens is 2. The number of sulfone groups is 1. The van der Waals surface area contributed by atoms with Crippen molar-refractivity contribution >= 4 is 9.84 Å². The monoisotopic (exact) mass is 240 g/mol. The molecule has 0 saturated heterocycles. The molecule has 2 aliphatic rings. The highest BCUT2D eigenvalue weighted by atomic mass is 32.2. The Bertz CT molecular complexity index is 479. The third-order valence-corrected chi connectivity index (χ3v) is 4.99. The smallest absolute Gasteiger partial charge is 0.156 e. The summed E-state index contributed by atoms with van der Waals surface area (Å²) in [4.78, 5) is 0. The van der Waals surface area contributed by atoms with E-state index in [-0.39, 0.29) is 5.75 Å². The first-order chi connectivity index (χ1) is 7.62. The van der Waals surface area contributed by atoms with Gasteiger partial charge in [0, 0.05) is 12.2 Å². The lowest BCUT2D eigenvalue weighted by Crippen LogP contribution is -2.11. The van der Waals surface area contributed by atoms with Crippen LogP contribution in [-0.2, 0) is 28.6 Å². The second-order valence-corrected chi connectivity index (χ2v) is 7.06. The minimum absolute atomic E-state index is 0.128. The van der Waals surface area contributed by atoms with Crippen molar-refractivity contribution < 1.29 is 8.42 Å². The van der Waals surface area contributed by atoms with Crippen molar-refractivity contribution in [1.29, 1.82) is 0 Å². The van der Waals surface area contributed by atoms with Crippen molar-refractivity contribution in [2.24, 2.45) is 5.92 Å². The van der Waals surface area contributed by atoms with Gasteiger partial charge in [0.05, 0.1) is 17.2 Å². The van der Waals surface area contributed by atoms with Crippen LogP contribution in [0.1, 0.15) is 30.7 Å². The number of nitrogens with zero attached hydrogens (tertiary/aromatic N) is 2. The Kier molecular flexibility index (Phi) is 2.31. The van der Waals surface area contributed by atoms with Gasteiger partial charge in [0.1, 0.15) is 0 Å². The minimum Gasteiger partial charge on any atom is -0.269 e. The third kappa shape index (κ3) is 2.14. The van der Waals surface area contributed by atoms with Gasteiger partial charge in [-0.3, -0.25) is 4.68 Å². The van der Waals surface area contributed by atoms with Crippen LogP contribution in [0.4, 0.5) is 0 Å².